The number of aromatic nitrogens is 3. The van der Waals surface area contributed by atoms with Crippen molar-refractivity contribution in [3.63, 3.8) is 0 Å². The lowest BCUT2D eigenvalue weighted by Gasteiger charge is -2.08. The zero-order valence-corrected chi connectivity index (χ0v) is 10.0. The van der Waals surface area contributed by atoms with Gasteiger partial charge in [-0.2, -0.15) is 0 Å². The minimum atomic E-state index is -0.204. The molecule has 2 rings (SSSR count). The van der Waals surface area contributed by atoms with E-state index in [1.165, 1.54) is 28.9 Å². The molecule has 1 atom stereocenters. The molecule has 84 valence electrons. The van der Waals surface area contributed by atoms with Crippen LogP contribution in [0.5, 0.6) is 0 Å². The zero-order chi connectivity index (χ0) is 11.5. The van der Waals surface area contributed by atoms with Crippen LogP contribution >= 0.6 is 22.7 Å². The van der Waals surface area contributed by atoms with Crippen molar-refractivity contribution in [1.29, 1.82) is 0 Å². The van der Waals surface area contributed by atoms with Gasteiger partial charge in [-0.25, -0.2) is 0 Å². The summed E-state index contributed by atoms with van der Waals surface area (Å²) in [7, 11) is 0. The molecule has 6 nitrogen and oxygen atoms in total. The maximum Gasteiger partial charge on any atom is 0.263 e. The molecule has 0 bridgehead atoms. The van der Waals surface area contributed by atoms with Crippen molar-refractivity contribution in [2.24, 2.45) is 0 Å². The number of carbonyl (C=O) groups excluding carboxylic acids is 1. The summed E-state index contributed by atoms with van der Waals surface area (Å²) in [6.07, 6.45) is 1.53. The second-order valence-corrected chi connectivity index (χ2v) is 4.97. The molecule has 3 N–H and O–H groups in total. The van der Waals surface area contributed by atoms with Crippen molar-refractivity contribution >= 4 is 33.7 Å². The van der Waals surface area contributed by atoms with Crippen LogP contribution in [0.2, 0.25) is 0 Å². The molecule has 0 unspecified atom stereocenters. The minimum absolute atomic E-state index is 0.163. The highest BCUT2D eigenvalue weighted by Gasteiger charge is 2.15. The van der Waals surface area contributed by atoms with E-state index in [2.05, 4.69) is 20.5 Å². The molecule has 0 aliphatic heterocycles. The number of nitrogens with one attached hydrogen (secondary N) is 1. The van der Waals surface area contributed by atoms with Gasteiger partial charge in [0.15, 0.2) is 0 Å². The van der Waals surface area contributed by atoms with Gasteiger partial charge in [-0.3, -0.25) is 9.78 Å². The molecule has 2 aromatic rings. The Morgan fingerprint density at radius 2 is 2.38 bits per heavy atom. The lowest BCUT2D eigenvalue weighted by atomic mass is 10.3. The molecule has 0 aliphatic carbocycles. The molecule has 1 amide bonds. The predicted octanol–water partition coefficient (Wildman–Crippen LogP) is 1.07. The maximum absolute atomic E-state index is 11.7. The highest BCUT2D eigenvalue weighted by Crippen LogP contribution is 2.19. The normalized spacial score (nSPS) is 12.3. The first-order chi connectivity index (χ1) is 7.66. The second kappa shape index (κ2) is 4.54. The first kappa shape index (κ1) is 11.0. The fourth-order valence-electron chi connectivity index (χ4n) is 1.08. The van der Waals surface area contributed by atoms with Gasteiger partial charge in [-0.15, -0.1) is 21.5 Å². The van der Waals surface area contributed by atoms with E-state index in [-0.39, 0.29) is 11.9 Å². The third-order valence-electron chi connectivity index (χ3n) is 1.83. The number of hydrogen-bond acceptors (Lipinski definition) is 7. The largest absolute Gasteiger partial charge is 0.374 e. The van der Waals surface area contributed by atoms with E-state index in [1.807, 2.05) is 6.92 Å². The van der Waals surface area contributed by atoms with Crippen LogP contribution in [0.1, 0.15) is 27.6 Å². The number of carbonyl (C=O) groups is 1. The average molecular weight is 255 g/mol. The van der Waals surface area contributed by atoms with Gasteiger partial charge in [0.25, 0.3) is 5.91 Å². The van der Waals surface area contributed by atoms with Crippen LogP contribution in [-0.2, 0) is 0 Å². The molecule has 0 saturated carbocycles. The SMILES string of the molecule is C[C@@H](NC(=O)c1cncs1)c1nnc(N)s1. The van der Waals surface area contributed by atoms with Crippen molar-refractivity contribution in [1.82, 2.24) is 20.5 Å². The zero-order valence-electron chi connectivity index (χ0n) is 8.38. The number of thiazole rings is 1. The van der Waals surface area contributed by atoms with E-state index in [1.54, 1.807) is 5.51 Å². The number of nitrogens with zero attached hydrogens (tertiary/aromatic N) is 3. The lowest BCUT2D eigenvalue weighted by molar-refractivity contribution is 0.0943. The Balaban J connectivity index is 2.03. The van der Waals surface area contributed by atoms with Gasteiger partial charge in [0.1, 0.15) is 9.88 Å². The molecule has 0 fully saturated rings. The van der Waals surface area contributed by atoms with E-state index in [0.29, 0.717) is 15.0 Å². The summed E-state index contributed by atoms with van der Waals surface area (Å²) in [6, 6.07) is -0.204. The van der Waals surface area contributed by atoms with Crippen LogP contribution in [0.15, 0.2) is 11.7 Å². The number of hydrogen-bond donors (Lipinski definition) is 2. The smallest absolute Gasteiger partial charge is 0.263 e. The molecular formula is C8H9N5OS2. The number of amides is 1. The van der Waals surface area contributed by atoms with Crippen LogP contribution in [-0.4, -0.2) is 21.1 Å². The summed E-state index contributed by atoms with van der Waals surface area (Å²) in [4.78, 5) is 16.1. The number of anilines is 1. The fourth-order valence-corrected chi connectivity index (χ4v) is 2.22. The Morgan fingerprint density at radius 1 is 1.56 bits per heavy atom. The first-order valence-corrected chi connectivity index (χ1v) is 6.14. The molecule has 0 aromatic carbocycles. The fraction of sp³-hybridized carbons (Fsp3) is 0.250. The quantitative estimate of drug-likeness (QED) is 0.855. The average Bonchev–Trinajstić information content (AvgIpc) is 2.87. The lowest BCUT2D eigenvalue weighted by Crippen LogP contribution is -2.25. The molecule has 0 radical (unpaired) electrons. The molecule has 2 aromatic heterocycles. The van der Waals surface area contributed by atoms with Crippen molar-refractivity contribution in [2.45, 2.75) is 13.0 Å². The van der Waals surface area contributed by atoms with Gasteiger partial charge in [-0.1, -0.05) is 11.3 Å². The van der Waals surface area contributed by atoms with Crippen molar-refractivity contribution in [2.75, 3.05) is 5.73 Å². The predicted molar refractivity (Wildman–Crippen MR) is 62.3 cm³/mol. The van der Waals surface area contributed by atoms with Gasteiger partial charge in [0, 0.05) is 0 Å². The third kappa shape index (κ3) is 2.34. The third-order valence-corrected chi connectivity index (χ3v) is 3.54. The summed E-state index contributed by atoms with van der Waals surface area (Å²) >= 11 is 2.56. The Morgan fingerprint density at radius 3 is 2.94 bits per heavy atom. The van der Waals surface area contributed by atoms with Gasteiger partial charge >= 0.3 is 0 Å². The number of nitrogens with two attached hydrogens (primary N) is 1. The van der Waals surface area contributed by atoms with Crippen molar-refractivity contribution < 1.29 is 4.79 Å². The van der Waals surface area contributed by atoms with E-state index in [9.17, 15) is 4.79 Å². The summed E-state index contributed by atoms with van der Waals surface area (Å²) in [6.45, 7) is 1.83. The van der Waals surface area contributed by atoms with E-state index < -0.39 is 0 Å². The standard InChI is InChI=1S/C8H9N5OS2/c1-4(7-12-13-8(9)16-7)11-6(14)5-2-10-3-15-5/h2-4H,1H3,(H2,9,13)(H,11,14)/t4-/m1/s1. The Kier molecular flexibility index (Phi) is 3.11. The van der Waals surface area contributed by atoms with Gasteiger partial charge in [-0.05, 0) is 6.92 Å². The second-order valence-electron chi connectivity index (χ2n) is 3.04. The van der Waals surface area contributed by atoms with Crippen LogP contribution in [0.3, 0.4) is 0 Å². The highest BCUT2D eigenvalue weighted by molar-refractivity contribution is 7.15. The van der Waals surface area contributed by atoms with E-state index >= 15 is 0 Å². The molecule has 0 aliphatic rings. The summed E-state index contributed by atoms with van der Waals surface area (Å²) in [5.41, 5.74) is 7.08. The summed E-state index contributed by atoms with van der Waals surface area (Å²) in [5, 5.41) is 11.4. The number of nitrogen functional groups attached to an aromatic ring is 1. The Labute approximate surface area is 99.5 Å². The summed E-state index contributed by atoms with van der Waals surface area (Å²) < 4.78 is 0. The first-order valence-electron chi connectivity index (χ1n) is 4.45. The molecular weight excluding hydrogens is 246 g/mol. The topological polar surface area (TPSA) is 93.8 Å². The van der Waals surface area contributed by atoms with Gasteiger partial charge in [0.05, 0.1) is 17.7 Å². The Hall–Kier alpha value is -1.54. The molecule has 0 spiro atoms. The summed E-state index contributed by atoms with van der Waals surface area (Å²) in [5.74, 6) is -0.163. The number of rotatable bonds is 3. The molecule has 0 saturated heterocycles. The monoisotopic (exact) mass is 255 g/mol. The van der Waals surface area contributed by atoms with Crippen molar-refractivity contribution in [3.8, 4) is 0 Å². The molecule has 2 heterocycles. The van der Waals surface area contributed by atoms with E-state index in [4.69, 9.17) is 5.73 Å². The van der Waals surface area contributed by atoms with Crippen LogP contribution in [0.4, 0.5) is 5.13 Å². The Bertz CT molecular complexity index is 480. The maximum atomic E-state index is 11.7. The van der Waals surface area contributed by atoms with Gasteiger partial charge in [0.2, 0.25) is 5.13 Å². The molecule has 16 heavy (non-hydrogen) atoms. The van der Waals surface area contributed by atoms with Gasteiger partial charge < -0.3 is 11.1 Å². The molecule has 8 heteroatoms. The van der Waals surface area contributed by atoms with Crippen LogP contribution < -0.4 is 11.1 Å². The van der Waals surface area contributed by atoms with E-state index in [0.717, 1.165) is 0 Å². The van der Waals surface area contributed by atoms with Crippen LogP contribution in [0.25, 0.3) is 0 Å². The van der Waals surface area contributed by atoms with Crippen molar-refractivity contribution in [3.05, 3.63) is 21.6 Å². The minimum Gasteiger partial charge on any atom is -0.374 e. The highest BCUT2D eigenvalue weighted by atomic mass is 32.1. The van der Waals surface area contributed by atoms with Crippen LogP contribution in [0, 0.1) is 0 Å².